The molecule has 8 atom stereocenters. The number of likely N-dealkylation sites (N-methyl/N-ethyl adjacent to an activating group) is 1. The maximum absolute atomic E-state index is 14.1. The second kappa shape index (κ2) is 10.3. The van der Waals surface area contributed by atoms with Crippen molar-refractivity contribution >= 4 is 40.3 Å². The molecule has 0 saturated heterocycles. The number of aromatic hydroxyl groups is 1. The lowest BCUT2D eigenvalue weighted by Gasteiger charge is -2.56. The number of benzene rings is 2. The number of nitrogens with zero attached hydrogens (tertiary/aromatic N) is 1. The second-order valence-corrected chi connectivity index (χ2v) is 12.3. The van der Waals surface area contributed by atoms with E-state index in [4.69, 9.17) is 5.73 Å². The minimum Gasteiger partial charge on any atom is -0.505 e. The normalized spacial score (nSPS) is 32.9. The van der Waals surface area contributed by atoms with E-state index in [0.29, 0.717) is 17.7 Å². The topological polar surface area (TPSA) is 187 Å². The molecule has 0 bridgehead atoms. The number of carbonyl (C=O) groups is 5. The fourth-order valence-corrected chi connectivity index (χ4v) is 7.71. The van der Waals surface area contributed by atoms with Gasteiger partial charge in [0.25, 0.3) is 0 Å². The Bertz CT molecular complexity index is 1700. The van der Waals surface area contributed by atoms with Crippen LogP contribution in [0.1, 0.15) is 40.7 Å². The minimum atomic E-state index is -3.03. The lowest BCUT2D eigenvalue weighted by atomic mass is 9.49. The number of rotatable bonds is 5. The van der Waals surface area contributed by atoms with Crippen LogP contribution in [0, 0.1) is 23.7 Å². The molecule has 0 heterocycles. The first kappa shape index (κ1) is 29.6. The van der Waals surface area contributed by atoms with Crippen LogP contribution in [0.2, 0.25) is 0 Å². The summed E-state index contributed by atoms with van der Waals surface area (Å²) < 4.78 is 0. The predicted molar refractivity (Wildman–Crippen MR) is 158 cm³/mol. The largest absolute Gasteiger partial charge is 0.505 e. The van der Waals surface area contributed by atoms with E-state index in [1.807, 2.05) is 42.5 Å². The van der Waals surface area contributed by atoms with Crippen molar-refractivity contribution in [3.63, 3.8) is 0 Å². The predicted octanol–water partition coefficient (Wildman–Crippen LogP) is 1.18. The molecular weight excluding hydrogens is 566 g/mol. The van der Waals surface area contributed by atoms with Gasteiger partial charge in [0.05, 0.1) is 35.2 Å². The van der Waals surface area contributed by atoms with Crippen LogP contribution in [0.15, 0.2) is 60.3 Å². The number of carbonyl (C=O) groups excluding carboxylic acids is 5. The summed E-state index contributed by atoms with van der Waals surface area (Å²) in [5.41, 5.74) is 5.55. The van der Waals surface area contributed by atoms with Crippen molar-refractivity contribution in [3.8, 4) is 5.75 Å². The average Bonchev–Trinajstić information content (AvgIpc) is 3.45. The summed E-state index contributed by atoms with van der Waals surface area (Å²) in [6, 6.07) is 11.6. The van der Waals surface area contributed by atoms with Gasteiger partial charge in [0.1, 0.15) is 5.75 Å². The molecule has 11 nitrogen and oxygen atoms in total. The first-order valence-corrected chi connectivity index (χ1v) is 14.4. The molecular formula is C33H33N3O8. The summed E-state index contributed by atoms with van der Waals surface area (Å²) in [6.45, 7) is 1.67. The highest BCUT2D eigenvalue weighted by molar-refractivity contribution is 6.32. The molecule has 6 rings (SSSR count). The van der Waals surface area contributed by atoms with Crippen molar-refractivity contribution in [2.75, 3.05) is 19.4 Å². The summed E-state index contributed by atoms with van der Waals surface area (Å²) in [4.78, 5) is 68.5. The van der Waals surface area contributed by atoms with Crippen LogP contribution in [0.25, 0.3) is 5.57 Å². The van der Waals surface area contributed by atoms with Gasteiger partial charge in [-0.25, -0.2) is 0 Å². The van der Waals surface area contributed by atoms with E-state index >= 15 is 0 Å². The van der Waals surface area contributed by atoms with Crippen molar-refractivity contribution in [1.29, 1.82) is 0 Å². The third-order valence-corrected chi connectivity index (χ3v) is 9.78. The van der Waals surface area contributed by atoms with Gasteiger partial charge in [-0.3, -0.25) is 28.9 Å². The number of aliphatic hydroxyl groups is 2. The first-order valence-electron chi connectivity index (χ1n) is 14.4. The molecule has 2 fully saturated rings. The molecule has 44 heavy (non-hydrogen) atoms. The van der Waals surface area contributed by atoms with Crippen LogP contribution in [0.4, 0.5) is 5.69 Å². The second-order valence-electron chi connectivity index (χ2n) is 12.3. The first-order chi connectivity index (χ1) is 20.8. The van der Waals surface area contributed by atoms with Gasteiger partial charge < -0.3 is 26.4 Å². The lowest BCUT2D eigenvalue weighted by Crippen LogP contribution is -2.77. The maximum Gasteiger partial charge on any atom is 0.235 e. The van der Waals surface area contributed by atoms with Crippen LogP contribution in [-0.4, -0.2) is 81.1 Å². The number of hydrogen-bond donors (Lipinski definition) is 5. The van der Waals surface area contributed by atoms with Gasteiger partial charge in [-0.15, -0.1) is 0 Å². The van der Waals surface area contributed by atoms with Crippen LogP contribution in [-0.2, 0) is 19.2 Å². The number of phenols is 1. The number of anilines is 1. The number of phenolic OH excluding ortho intramolecular Hbond substituents is 1. The molecule has 0 radical (unpaired) electrons. The highest BCUT2D eigenvalue weighted by Crippen LogP contribution is 2.55. The van der Waals surface area contributed by atoms with Crippen LogP contribution < -0.4 is 11.1 Å². The SMILES string of the molecule is C[C@H]1c2ccc(NC3=CCC(c4ccccc4)=C3)c(O)c2C(=O)C2C(=O)[C@]3(O)C(=O)C(C(N)=O)C(=O)[C@@H](N(C)C)[C@@H]3[C@@H](O)[C@@H]21. The van der Waals surface area contributed by atoms with Gasteiger partial charge in [-0.1, -0.05) is 49.4 Å². The quantitative estimate of drug-likeness (QED) is 0.247. The molecule has 1 amide bonds. The Labute approximate surface area is 253 Å². The summed E-state index contributed by atoms with van der Waals surface area (Å²) >= 11 is 0. The molecule has 11 heteroatoms. The van der Waals surface area contributed by atoms with Gasteiger partial charge in [0, 0.05) is 11.6 Å². The highest BCUT2D eigenvalue weighted by Gasteiger charge is 2.72. The number of amides is 1. The highest BCUT2D eigenvalue weighted by atomic mass is 16.3. The van der Waals surface area contributed by atoms with E-state index in [-0.39, 0.29) is 11.3 Å². The number of ketones is 4. The molecule has 2 aromatic carbocycles. The molecule has 2 unspecified atom stereocenters. The monoisotopic (exact) mass is 599 g/mol. The maximum atomic E-state index is 14.1. The standard InChI is InChI=1S/C33H33N3O8/c1-14-18-11-12-19(35-17-10-9-16(13-17)15-7-5-4-6-8-15)26(37)21(18)27(38)22-20(14)28(39)24-25(36(2)3)29(40)23(32(34)43)31(42)33(24,44)30(22)41/h4-8,10-14,20,22-25,28,35,37,39,44H,9H2,1-3H3,(H2,34,43)/t14-,20+,22?,23?,24+,25-,28-,33-/m0/s1. The van der Waals surface area contributed by atoms with Crippen molar-refractivity contribution < 1.29 is 39.3 Å². The average molecular weight is 600 g/mol. The molecule has 2 aromatic rings. The molecule has 0 aliphatic heterocycles. The summed E-state index contributed by atoms with van der Waals surface area (Å²) in [5, 5.41) is 38.0. The number of aliphatic hydroxyl groups excluding tert-OH is 1. The van der Waals surface area contributed by atoms with Crippen molar-refractivity contribution in [3.05, 3.63) is 77.0 Å². The fourth-order valence-electron chi connectivity index (χ4n) is 7.71. The van der Waals surface area contributed by atoms with E-state index in [1.54, 1.807) is 19.1 Å². The van der Waals surface area contributed by atoms with Crippen molar-refractivity contribution in [2.24, 2.45) is 29.4 Å². The molecule has 0 spiro atoms. The number of Topliss-reactive ketones (excluding diaryl/α,β-unsaturated/α-hetero) is 4. The zero-order chi connectivity index (χ0) is 31.8. The Hall–Kier alpha value is -4.45. The molecule has 4 aliphatic carbocycles. The molecule has 6 N–H and O–H groups in total. The van der Waals surface area contributed by atoms with Crippen LogP contribution in [0.5, 0.6) is 5.75 Å². The Morgan fingerprint density at radius 1 is 1.05 bits per heavy atom. The lowest BCUT2D eigenvalue weighted by molar-refractivity contribution is -0.196. The van der Waals surface area contributed by atoms with Crippen molar-refractivity contribution in [2.45, 2.75) is 37.0 Å². The van der Waals surface area contributed by atoms with Gasteiger partial charge in [-0.05, 0) is 55.3 Å². The number of nitrogens with two attached hydrogens (primary N) is 1. The minimum absolute atomic E-state index is 0.160. The fraction of sp³-hybridized carbons (Fsp3) is 0.364. The molecule has 228 valence electrons. The van der Waals surface area contributed by atoms with Gasteiger partial charge in [0.2, 0.25) is 5.91 Å². The molecule has 0 aromatic heterocycles. The Kier molecular flexibility index (Phi) is 6.95. The summed E-state index contributed by atoms with van der Waals surface area (Å²) in [6.07, 6.45) is 2.84. The third kappa shape index (κ3) is 4.03. The van der Waals surface area contributed by atoms with Crippen molar-refractivity contribution in [1.82, 2.24) is 4.90 Å². The van der Waals surface area contributed by atoms with Gasteiger partial charge in [-0.2, -0.15) is 0 Å². The number of primary amides is 1. The van der Waals surface area contributed by atoms with E-state index in [9.17, 15) is 39.3 Å². The van der Waals surface area contributed by atoms with Gasteiger partial charge >= 0.3 is 0 Å². The van der Waals surface area contributed by atoms with E-state index < -0.39 is 82.1 Å². The van der Waals surface area contributed by atoms with Crippen LogP contribution >= 0.6 is 0 Å². The van der Waals surface area contributed by atoms with E-state index in [1.165, 1.54) is 19.0 Å². The summed E-state index contributed by atoms with van der Waals surface area (Å²) in [5.74, 6) is -13.5. The smallest absolute Gasteiger partial charge is 0.235 e. The summed E-state index contributed by atoms with van der Waals surface area (Å²) in [7, 11) is 2.91. The number of hydrogen-bond acceptors (Lipinski definition) is 10. The number of fused-ring (bicyclic) bond motifs is 3. The van der Waals surface area contributed by atoms with E-state index in [2.05, 4.69) is 5.32 Å². The van der Waals surface area contributed by atoms with E-state index in [0.717, 1.165) is 11.1 Å². The van der Waals surface area contributed by atoms with Gasteiger partial charge in [0.15, 0.2) is 34.7 Å². The molecule has 2 saturated carbocycles. The van der Waals surface area contributed by atoms with Crippen LogP contribution in [0.3, 0.4) is 0 Å². The Balaban J connectivity index is 1.40. The Morgan fingerprint density at radius 2 is 1.73 bits per heavy atom. The Morgan fingerprint density at radius 3 is 2.36 bits per heavy atom. The number of nitrogens with one attached hydrogen (secondary N) is 1. The molecule has 4 aliphatic rings. The number of allylic oxidation sites excluding steroid dienone is 3. The zero-order valence-corrected chi connectivity index (χ0v) is 24.4. The zero-order valence-electron chi connectivity index (χ0n) is 24.4. The third-order valence-electron chi connectivity index (χ3n) is 9.78.